The molecule has 0 saturated heterocycles. The summed E-state index contributed by atoms with van der Waals surface area (Å²) in [5, 5.41) is 10.1. The van der Waals surface area contributed by atoms with Crippen molar-refractivity contribution in [3.8, 4) is 0 Å². The van der Waals surface area contributed by atoms with Crippen LogP contribution in [0.15, 0.2) is 17.6 Å². The van der Waals surface area contributed by atoms with Gasteiger partial charge in [0.25, 0.3) is 0 Å². The number of aromatic nitrogens is 4. The second kappa shape index (κ2) is 5.99. The van der Waals surface area contributed by atoms with E-state index in [1.807, 2.05) is 6.92 Å². The molecule has 0 radical (unpaired) electrons. The van der Waals surface area contributed by atoms with Gasteiger partial charge in [-0.1, -0.05) is 0 Å². The van der Waals surface area contributed by atoms with Gasteiger partial charge in [-0.15, -0.1) is 11.3 Å². The van der Waals surface area contributed by atoms with Crippen molar-refractivity contribution >= 4 is 16.3 Å². The maximum absolute atomic E-state index is 4.56. The molecule has 0 saturated carbocycles. The van der Waals surface area contributed by atoms with E-state index in [9.17, 15) is 0 Å². The Morgan fingerprint density at radius 1 is 1.29 bits per heavy atom. The van der Waals surface area contributed by atoms with Gasteiger partial charge < -0.3 is 5.32 Å². The van der Waals surface area contributed by atoms with Gasteiger partial charge in [0.2, 0.25) is 0 Å². The molecule has 3 aromatic heterocycles. The first-order chi connectivity index (χ1) is 10.1. The summed E-state index contributed by atoms with van der Waals surface area (Å²) in [4.78, 5) is 5.64. The number of rotatable bonds is 6. The molecule has 112 valence electrons. The number of nitrogens with zero attached hydrogens (tertiary/aromatic N) is 4. The minimum Gasteiger partial charge on any atom is -0.311 e. The molecule has 0 aliphatic heterocycles. The third kappa shape index (κ3) is 3.01. The van der Waals surface area contributed by atoms with E-state index < -0.39 is 0 Å². The zero-order valence-corrected chi connectivity index (χ0v) is 13.6. The summed E-state index contributed by atoms with van der Waals surface area (Å²) in [6.07, 6.45) is 3.17. The van der Waals surface area contributed by atoms with E-state index in [2.05, 4.69) is 56.0 Å². The largest absolute Gasteiger partial charge is 0.311 e. The van der Waals surface area contributed by atoms with Crippen molar-refractivity contribution in [2.45, 2.75) is 40.3 Å². The normalized spacial score (nSPS) is 11.6. The molecule has 5 nitrogen and oxygen atoms in total. The van der Waals surface area contributed by atoms with Crippen molar-refractivity contribution in [2.24, 2.45) is 0 Å². The lowest BCUT2D eigenvalue weighted by Gasteiger charge is -2.06. The molecule has 6 heteroatoms. The highest BCUT2D eigenvalue weighted by Crippen LogP contribution is 2.16. The third-order valence-corrected chi connectivity index (χ3v) is 4.44. The molecule has 0 spiro atoms. The maximum Gasteiger partial charge on any atom is 0.194 e. The number of aryl methyl sites for hydroxylation is 4. The molecule has 3 aromatic rings. The van der Waals surface area contributed by atoms with Crippen molar-refractivity contribution < 1.29 is 0 Å². The van der Waals surface area contributed by atoms with Crippen LogP contribution in [0.2, 0.25) is 0 Å². The minimum atomic E-state index is 0.862. The van der Waals surface area contributed by atoms with Crippen LogP contribution in [-0.2, 0) is 13.1 Å². The van der Waals surface area contributed by atoms with E-state index in [0.29, 0.717) is 0 Å². The SMILES string of the molecule is Cc1cc(C)n(CCCNCc2c(C)nc3sccn23)n1. The molecule has 21 heavy (non-hydrogen) atoms. The molecule has 0 unspecified atom stereocenters. The van der Waals surface area contributed by atoms with Gasteiger partial charge in [-0.3, -0.25) is 9.08 Å². The number of nitrogens with one attached hydrogen (secondary N) is 1. The fourth-order valence-corrected chi connectivity index (χ4v) is 3.39. The quantitative estimate of drug-likeness (QED) is 0.712. The Morgan fingerprint density at radius 3 is 2.90 bits per heavy atom. The molecular weight excluding hydrogens is 282 g/mol. The fourth-order valence-electron chi connectivity index (χ4n) is 2.62. The lowest BCUT2D eigenvalue weighted by atomic mass is 10.3. The first-order valence-corrected chi connectivity index (χ1v) is 8.16. The summed E-state index contributed by atoms with van der Waals surface area (Å²) in [5.41, 5.74) is 4.71. The molecule has 1 N–H and O–H groups in total. The van der Waals surface area contributed by atoms with E-state index in [-0.39, 0.29) is 0 Å². The number of fused-ring (bicyclic) bond motifs is 1. The van der Waals surface area contributed by atoms with E-state index in [4.69, 9.17) is 0 Å². The number of hydrogen-bond donors (Lipinski definition) is 1. The molecular formula is C15H21N5S. The van der Waals surface area contributed by atoms with Gasteiger partial charge in [0.05, 0.1) is 17.1 Å². The van der Waals surface area contributed by atoms with Crippen LogP contribution < -0.4 is 5.32 Å². The summed E-state index contributed by atoms with van der Waals surface area (Å²) >= 11 is 1.68. The van der Waals surface area contributed by atoms with Crippen LogP contribution in [0, 0.1) is 20.8 Å². The van der Waals surface area contributed by atoms with Gasteiger partial charge in [0, 0.05) is 30.4 Å². The predicted molar refractivity (Wildman–Crippen MR) is 85.8 cm³/mol. The predicted octanol–water partition coefficient (Wildman–Crippen LogP) is 2.70. The molecule has 0 amide bonds. The maximum atomic E-state index is 4.56. The lowest BCUT2D eigenvalue weighted by molar-refractivity contribution is 0.529. The van der Waals surface area contributed by atoms with Crippen LogP contribution in [0.1, 0.15) is 29.2 Å². The lowest BCUT2D eigenvalue weighted by Crippen LogP contribution is -2.18. The monoisotopic (exact) mass is 303 g/mol. The zero-order valence-electron chi connectivity index (χ0n) is 12.8. The summed E-state index contributed by atoms with van der Waals surface area (Å²) in [5.74, 6) is 0. The second-order valence-corrected chi connectivity index (χ2v) is 6.25. The Balaban J connectivity index is 1.49. The molecule has 3 rings (SSSR count). The average molecular weight is 303 g/mol. The topological polar surface area (TPSA) is 47.2 Å². The number of imidazole rings is 1. The Labute approximate surface area is 128 Å². The zero-order chi connectivity index (χ0) is 14.8. The average Bonchev–Trinajstić information content (AvgIpc) is 3.07. The van der Waals surface area contributed by atoms with Gasteiger partial charge in [-0.2, -0.15) is 5.10 Å². The summed E-state index contributed by atoms with van der Waals surface area (Å²) < 4.78 is 4.26. The van der Waals surface area contributed by atoms with E-state index in [1.54, 1.807) is 11.3 Å². The molecule has 0 aromatic carbocycles. The highest BCUT2D eigenvalue weighted by atomic mass is 32.1. The smallest absolute Gasteiger partial charge is 0.194 e. The number of thiazole rings is 1. The highest BCUT2D eigenvalue weighted by Gasteiger charge is 2.08. The van der Waals surface area contributed by atoms with Gasteiger partial charge in [0.15, 0.2) is 4.96 Å². The second-order valence-electron chi connectivity index (χ2n) is 5.38. The van der Waals surface area contributed by atoms with Crippen LogP contribution in [-0.4, -0.2) is 25.7 Å². The van der Waals surface area contributed by atoms with E-state index >= 15 is 0 Å². The van der Waals surface area contributed by atoms with Gasteiger partial charge >= 0.3 is 0 Å². The molecule has 0 aliphatic rings. The van der Waals surface area contributed by atoms with Crippen molar-refractivity contribution in [1.29, 1.82) is 0 Å². The van der Waals surface area contributed by atoms with E-state index in [0.717, 1.165) is 42.4 Å². The van der Waals surface area contributed by atoms with Crippen LogP contribution in [0.3, 0.4) is 0 Å². The Morgan fingerprint density at radius 2 is 2.14 bits per heavy atom. The minimum absolute atomic E-state index is 0.862. The van der Waals surface area contributed by atoms with E-state index in [1.165, 1.54) is 11.4 Å². The van der Waals surface area contributed by atoms with Crippen LogP contribution in [0.5, 0.6) is 0 Å². The molecule has 0 aliphatic carbocycles. The molecule has 0 bridgehead atoms. The highest BCUT2D eigenvalue weighted by molar-refractivity contribution is 7.15. The standard InChI is InChI=1S/C15H21N5S/c1-11-9-12(2)20(18-11)6-4-5-16-10-14-13(3)17-15-19(14)7-8-21-15/h7-9,16H,4-6,10H2,1-3H3. The Hall–Kier alpha value is -1.66. The van der Waals surface area contributed by atoms with Crippen molar-refractivity contribution in [1.82, 2.24) is 24.5 Å². The third-order valence-electron chi connectivity index (χ3n) is 3.68. The molecule has 3 heterocycles. The van der Waals surface area contributed by atoms with Crippen molar-refractivity contribution in [3.63, 3.8) is 0 Å². The Kier molecular flexibility index (Phi) is 4.07. The van der Waals surface area contributed by atoms with Crippen LogP contribution in [0.25, 0.3) is 4.96 Å². The first-order valence-electron chi connectivity index (χ1n) is 7.28. The number of hydrogen-bond acceptors (Lipinski definition) is 4. The van der Waals surface area contributed by atoms with Gasteiger partial charge in [-0.05, 0) is 39.8 Å². The van der Waals surface area contributed by atoms with Gasteiger partial charge in [0.1, 0.15) is 0 Å². The van der Waals surface area contributed by atoms with Crippen LogP contribution in [0.4, 0.5) is 0 Å². The molecule has 0 fully saturated rings. The van der Waals surface area contributed by atoms with Crippen LogP contribution >= 0.6 is 11.3 Å². The molecule has 0 atom stereocenters. The van der Waals surface area contributed by atoms with Crippen molar-refractivity contribution in [2.75, 3.05) is 6.54 Å². The summed E-state index contributed by atoms with van der Waals surface area (Å²) in [6, 6.07) is 2.12. The Bertz CT molecular complexity index is 736. The van der Waals surface area contributed by atoms with Crippen molar-refractivity contribution in [3.05, 3.63) is 40.4 Å². The first kappa shape index (κ1) is 14.3. The van der Waals surface area contributed by atoms with Gasteiger partial charge in [-0.25, -0.2) is 4.98 Å². The fraction of sp³-hybridized carbons (Fsp3) is 0.467. The summed E-state index contributed by atoms with van der Waals surface area (Å²) in [7, 11) is 0. The summed E-state index contributed by atoms with van der Waals surface area (Å²) in [6.45, 7) is 9.03.